The lowest BCUT2D eigenvalue weighted by Crippen LogP contribution is -2.19. The van der Waals surface area contributed by atoms with E-state index in [0.29, 0.717) is 16.8 Å². The molecule has 0 bridgehead atoms. The smallest absolute Gasteiger partial charge is 0.325 e. The molecule has 0 aliphatic heterocycles. The lowest BCUT2D eigenvalue weighted by molar-refractivity contribution is 0.262. The van der Waals surface area contributed by atoms with Gasteiger partial charge in [0.25, 0.3) is 0 Å². The van der Waals surface area contributed by atoms with E-state index in [2.05, 4.69) is 32.7 Å². The zero-order chi connectivity index (χ0) is 18.6. The van der Waals surface area contributed by atoms with Gasteiger partial charge in [0.05, 0.1) is 22.4 Å². The number of benzene rings is 1. The van der Waals surface area contributed by atoms with Crippen molar-refractivity contribution < 1.29 is 9.21 Å². The van der Waals surface area contributed by atoms with Crippen molar-refractivity contribution in [1.82, 2.24) is 9.97 Å². The first-order chi connectivity index (χ1) is 13.2. The molecular formula is C19H20N4O2S2. The fourth-order valence-electron chi connectivity index (χ4n) is 3.00. The number of aryl methyl sites for hydroxylation is 3. The topological polar surface area (TPSA) is 80.0 Å². The molecule has 2 aromatic heterocycles. The van der Waals surface area contributed by atoms with Crippen molar-refractivity contribution in [3.63, 3.8) is 0 Å². The number of hydrogen-bond donors (Lipinski definition) is 2. The Morgan fingerprint density at radius 3 is 2.96 bits per heavy atom. The first-order valence-electron chi connectivity index (χ1n) is 8.91. The van der Waals surface area contributed by atoms with Gasteiger partial charge in [-0.3, -0.25) is 5.32 Å². The first-order valence-corrected chi connectivity index (χ1v) is 10.7. The Labute approximate surface area is 165 Å². The summed E-state index contributed by atoms with van der Waals surface area (Å²) >= 11 is 3.02. The van der Waals surface area contributed by atoms with Crippen molar-refractivity contribution in [2.24, 2.45) is 0 Å². The standard InChI is InChI=1S/C19H20N4O2S2/c1-2-15-9-20-16(25-15)11-26-17-10-21-19(27-17)23-18(24)22-14-7-6-12-4-3-5-13(12)8-14/h6-10H,2-5,11H2,1H3,(H2,21,22,23,24). The number of thiazole rings is 1. The Kier molecular flexibility index (Phi) is 5.45. The van der Waals surface area contributed by atoms with Crippen molar-refractivity contribution in [2.75, 3.05) is 10.6 Å². The van der Waals surface area contributed by atoms with E-state index < -0.39 is 0 Å². The Morgan fingerprint density at radius 2 is 2.11 bits per heavy atom. The number of rotatable bonds is 6. The van der Waals surface area contributed by atoms with Crippen molar-refractivity contribution in [2.45, 2.75) is 42.6 Å². The number of urea groups is 1. The van der Waals surface area contributed by atoms with Crippen LogP contribution in [0.1, 0.15) is 36.1 Å². The maximum Gasteiger partial charge on any atom is 0.325 e. The second-order valence-corrected chi connectivity index (χ2v) is 8.57. The Hall–Kier alpha value is -2.32. The van der Waals surface area contributed by atoms with E-state index in [1.54, 1.807) is 24.2 Å². The van der Waals surface area contributed by atoms with Gasteiger partial charge < -0.3 is 9.73 Å². The molecule has 0 saturated heterocycles. The van der Waals surface area contributed by atoms with Gasteiger partial charge in [0.2, 0.25) is 5.89 Å². The molecule has 140 valence electrons. The van der Waals surface area contributed by atoms with Crippen molar-refractivity contribution in [1.29, 1.82) is 0 Å². The molecule has 1 aliphatic rings. The van der Waals surface area contributed by atoms with Crippen molar-refractivity contribution in [3.05, 3.63) is 53.4 Å². The van der Waals surface area contributed by atoms with Crippen molar-refractivity contribution >= 4 is 39.9 Å². The molecule has 0 saturated carbocycles. The van der Waals surface area contributed by atoms with Crippen LogP contribution >= 0.6 is 23.1 Å². The predicted molar refractivity (Wildman–Crippen MR) is 109 cm³/mol. The summed E-state index contributed by atoms with van der Waals surface area (Å²) in [5, 5.41) is 6.24. The SMILES string of the molecule is CCc1cnc(CSc2cnc(NC(=O)Nc3ccc4c(c3)CCC4)s2)o1. The molecule has 2 amide bonds. The Balaban J connectivity index is 1.30. The highest BCUT2D eigenvalue weighted by Gasteiger charge is 2.13. The molecule has 2 N–H and O–H groups in total. The summed E-state index contributed by atoms with van der Waals surface area (Å²) in [5.41, 5.74) is 3.54. The van der Waals surface area contributed by atoms with Crippen LogP contribution in [0.25, 0.3) is 0 Å². The molecule has 0 fully saturated rings. The number of carbonyl (C=O) groups excluding carboxylic acids is 1. The quantitative estimate of drug-likeness (QED) is 0.562. The zero-order valence-electron chi connectivity index (χ0n) is 14.9. The number of hydrogen-bond acceptors (Lipinski definition) is 6. The Morgan fingerprint density at radius 1 is 1.22 bits per heavy atom. The van der Waals surface area contributed by atoms with Gasteiger partial charge in [-0.25, -0.2) is 14.8 Å². The molecule has 0 unspecified atom stereocenters. The maximum absolute atomic E-state index is 12.2. The van der Waals surface area contributed by atoms with E-state index in [9.17, 15) is 4.79 Å². The summed E-state index contributed by atoms with van der Waals surface area (Å²) in [6.07, 6.45) is 7.77. The summed E-state index contributed by atoms with van der Waals surface area (Å²) in [4.78, 5) is 20.7. The minimum Gasteiger partial charge on any atom is -0.445 e. The van der Waals surface area contributed by atoms with E-state index in [1.807, 2.05) is 13.0 Å². The highest BCUT2D eigenvalue weighted by Crippen LogP contribution is 2.31. The fraction of sp³-hybridized carbons (Fsp3) is 0.316. The van der Waals surface area contributed by atoms with Gasteiger partial charge in [-0.2, -0.15) is 0 Å². The van der Waals surface area contributed by atoms with Crippen LogP contribution in [-0.4, -0.2) is 16.0 Å². The molecule has 0 atom stereocenters. The summed E-state index contributed by atoms with van der Waals surface area (Å²) in [6.45, 7) is 2.03. The van der Waals surface area contributed by atoms with Crippen LogP contribution in [0.3, 0.4) is 0 Å². The average molecular weight is 401 g/mol. The highest BCUT2D eigenvalue weighted by atomic mass is 32.2. The molecule has 3 aromatic rings. The van der Waals surface area contributed by atoms with Crippen LogP contribution < -0.4 is 10.6 Å². The van der Waals surface area contributed by atoms with Gasteiger partial charge >= 0.3 is 6.03 Å². The van der Waals surface area contributed by atoms with Crippen LogP contribution in [0.2, 0.25) is 0 Å². The molecule has 0 spiro atoms. The maximum atomic E-state index is 12.2. The molecule has 2 heterocycles. The monoisotopic (exact) mass is 400 g/mol. The number of thioether (sulfide) groups is 1. The minimum absolute atomic E-state index is 0.279. The van der Waals surface area contributed by atoms with E-state index in [-0.39, 0.29) is 6.03 Å². The molecular weight excluding hydrogens is 380 g/mol. The highest BCUT2D eigenvalue weighted by molar-refractivity contribution is 8.00. The number of carbonyl (C=O) groups is 1. The average Bonchev–Trinajstić information content (AvgIpc) is 3.40. The third kappa shape index (κ3) is 4.51. The van der Waals surface area contributed by atoms with Crippen LogP contribution in [0, 0.1) is 0 Å². The summed E-state index contributed by atoms with van der Waals surface area (Å²) in [6, 6.07) is 5.83. The second kappa shape index (κ2) is 8.14. The molecule has 0 radical (unpaired) electrons. The van der Waals surface area contributed by atoms with E-state index in [0.717, 1.165) is 34.9 Å². The number of amides is 2. The largest absolute Gasteiger partial charge is 0.445 e. The first kappa shape index (κ1) is 18.1. The Bertz CT molecular complexity index is 951. The summed E-state index contributed by atoms with van der Waals surface area (Å²) in [7, 11) is 0. The second-order valence-electron chi connectivity index (χ2n) is 6.26. The number of fused-ring (bicyclic) bond motifs is 1. The van der Waals surface area contributed by atoms with Gasteiger partial charge in [0, 0.05) is 12.1 Å². The fourth-order valence-corrected chi connectivity index (χ4v) is 4.72. The molecule has 1 aromatic carbocycles. The van der Waals surface area contributed by atoms with Gasteiger partial charge in [0.1, 0.15) is 5.76 Å². The van der Waals surface area contributed by atoms with Gasteiger partial charge in [-0.05, 0) is 42.5 Å². The molecule has 6 nitrogen and oxygen atoms in total. The van der Waals surface area contributed by atoms with Crippen LogP contribution in [0.5, 0.6) is 0 Å². The number of nitrogens with one attached hydrogen (secondary N) is 2. The van der Waals surface area contributed by atoms with Gasteiger partial charge in [-0.1, -0.05) is 24.3 Å². The summed E-state index contributed by atoms with van der Waals surface area (Å²) < 4.78 is 6.60. The van der Waals surface area contributed by atoms with E-state index >= 15 is 0 Å². The number of anilines is 2. The van der Waals surface area contributed by atoms with E-state index in [1.165, 1.54) is 28.9 Å². The van der Waals surface area contributed by atoms with E-state index in [4.69, 9.17) is 4.42 Å². The zero-order valence-corrected chi connectivity index (χ0v) is 16.6. The number of oxazole rings is 1. The minimum atomic E-state index is -0.279. The normalized spacial score (nSPS) is 12.8. The van der Waals surface area contributed by atoms with Crippen LogP contribution in [0.4, 0.5) is 15.6 Å². The lowest BCUT2D eigenvalue weighted by Gasteiger charge is -2.07. The third-order valence-electron chi connectivity index (χ3n) is 4.35. The lowest BCUT2D eigenvalue weighted by atomic mass is 10.1. The molecule has 4 rings (SSSR count). The predicted octanol–water partition coefficient (Wildman–Crippen LogP) is 5.12. The number of nitrogens with zero attached hydrogens (tertiary/aromatic N) is 2. The van der Waals surface area contributed by atoms with Gasteiger partial charge in [0.15, 0.2) is 5.13 Å². The van der Waals surface area contributed by atoms with Crippen LogP contribution in [0.15, 0.2) is 39.2 Å². The number of aromatic nitrogens is 2. The van der Waals surface area contributed by atoms with Gasteiger partial charge in [-0.15, -0.1) is 11.8 Å². The molecule has 8 heteroatoms. The van der Waals surface area contributed by atoms with Crippen molar-refractivity contribution in [3.8, 4) is 0 Å². The summed E-state index contributed by atoms with van der Waals surface area (Å²) in [5.74, 6) is 2.23. The molecule has 27 heavy (non-hydrogen) atoms. The van der Waals surface area contributed by atoms with Crippen LogP contribution in [-0.2, 0) is 25.0 Å². The third-order valence-corrected chi connectivity index (χ3v) is 6.44. The molecule has 1 aliphatic carbocycles.